The third kappa shape index (κ3) is 6.04. The van der Waals surface area contributed by atoms with Crippen LogP contribution in [0.3, 0.4) is 0 Å². The van der Waals surface area contributed by atoms with E-state index in [9.17, 15) is 0 Å². The average Bonchev–Trinajstić information content (AvgIpc) is 3.89. The van der Waals surface area contributed by atoms with Gasteiger partial charge in [0.2, 0.25) is 0 Å². The number of furan rings is 1. The molecule has 0 saturated heterocycles. The second kappa shape index (κ2) is 14.7. The second-order valence-electron chi connectivity index (χ2n) is 15.4. The summed E-state index contributed by atoms with van der Waals surface area (Å²) in [5.41, 5.74) is 13.2. The van der Waals surface area contributed by atoms with Crippen LogP contribution < -0.4 is 0 Å². The summed E-state index contributed by atoms with van der Waals surface area (Å²) in [6.07, 6.45) is 1.95. The Kier molecular flexibility index (Phi) is 8.38. The van der Waals surface area contributed by atoms with Gasteiger partial charge in [-0.25, -0.2) is 15.0 Å². The third-order valence-electron chi connectivity index (χ3n) is 11.7. The number of nitrogens with zero attached hydrogens (tertiary/aromatic N) is 5. The molecule has 6 heteroatoms. The number of rotatable bonds is 7. The van der Waals surface area contributed by atoms with Crippen LogP contribution in [0.4, 0.5) is 0 Å². The zero-order valence-electron chi connectivity index (χ0n) is 33.4. The number of fused-ring (bicyclic) bond motifs is 6. The number of para-hydroxylation sites is 3. The fourth-order valence-electron chi connectivity index (χ4n) is 8.75. The Morgan fingerprint density at radius 3 is 1.63 bits per heavy atom. The standard InChI is InChI=1S/C56H35N5O/c1-5-17-36(18-6-1)39-23-15-24-40(31-39)41-32-48(56-59-54(37-19-7-2-8-20-37)58-55(60-56)38-21-9-3-10-22-38)52(57-35-41)45-29-16-28-44-47-33-46-43-27-13-14-30-49(43)61(42-25-11-4-12-26-42)50(46)34-51(47)62-53(44)45/h1-35H. The van der Waals surface area contributed by atoms with Crippen molar-refractivity contribution in [2.24, 2.45) is 0 Å². The molecule has 0 bridgehead atoms. The van der Waals surface area contributed by atoms with Crippen LogP contribution in [0.1, 0.15) is 0 Å². The van der Waals surface area contributed by atoms with Crippen LogP contribution in [-0.2, 0) is 0 Å². The van der Waals surface area contributed by atoms with Gasteiger partial charge in [0.15, 0.2) is 17.5 Å². The monoisotopic (exact) mass is 793 g/mol. The molecule has 6 nitrogen and oxygen atoms in total. The molecular weight excluding hydrogens is 759 g/mol. The van der Waals surface area contributed by atoms with Crippen LogP contribution in [0.5, 0.6) is 0 Å². The zero-order valence-corrected chi connectivity index (χ0v) is 33.4. The van der Waals surface area contributed by atoms with Gasteiger partial charge in [-0.2, -0.15) is 0 Å². The van der Waals surface area contributed by atoms with Crippen molar-refractivity contribution in [2.75, 3.05) is 0 Å². The molecular formula is C56H35N5O. The van der Waals surface area contributed by atoms with Gasteiger partial charge in [0.05, 0.1) is 16.7 Å². The van der Waals surface area contributed by atoms with E-state index in [0.717, 1.165) is 88.6 Å². The first-order chi connectivity index (χ1) is 30.7. The molecule has 0 unspecified atom stereocenters. The van der Waals surface area contributed by atoms with E-state index in [1.807, 2.05) is 72.9 Å². The number of hydrogen-bond acceptors (Lipinski definition) is 5. The van der Waals surface area contributed by atoms with Gasteiger partial charge < -0.3 is 8.98 Å². The predicted molar refractivity (Wildman–Crippen MR) is 252 cm³/mol. The molecule has 290 valence electrons. The maximum atomic E-state index is 6.98. The summed E-state index contributed by atoms with van der Waals surface area (Å²) >= 11 is 0. The predicted octanol–water partition coefficient (Wildman–Crippen LogP) is 14.3. The normalized spacial score (nSPS) is 11.5. The first-order valence-electron chi connectivity index (χ1n) is 20.7. The number of pyridine rings is 1. The average molecular weight is 794 g/mol. The SMILES string of the molecule is c1ccc(-c2cccc(-c3cnc(-c4cccc5c4oc4cc6c(cc45)c4ccccc4n6-c4ccccc4)c(-c4nc(-c5ccccc5)nc(-c5ccccc5)n4)c3)c2)cc1. The molecule has 0 aliphatic heterocycles. The van der Waals surface area contributed by atoms with Crippen LogP contribution in [0.2, 0.25) is 0 Å². The Morgan fingerprint density at radius 1 is 0.355 bits per heavy atom. The molecule has 12 aromatic rings. The van der Waals surface area contributed by atoms with E-state index in [0.29, 0.717) is 23.2 Å². The summed E-state index contributed by atoms with van der Waals surface area (Å²) in [5.74, 6) is 1.68. The molecule has 0 radical (unpaired) electrons. The number of benzene rings is 8. The van der Waals surface area contributed by atoms with Crippen LogP contribution >= 0.6 is 0 Å². The molecule has 0 amide bonds. The molecule has 0 aliphatic rings. The van der Waals surface area contributed by atoms with E-state index in [1.54, 1.807) is 0 Å². The first kappa shape index (κ1) is 35.5. The van der Waals surface area contributed by atoms with Crippen LogP contribution in [0.25, 0.3) is 117 Å². The summed E-state index contributed by atoms with van der Waals surface area (Å²) in [6.45, 7) is 0. The van der Waals surface area contributed by atoms with Crippen molar-refractivity contribution in [3.63, 3.8) is 0 Å². The van der Waals surface area contributed by atoms with Gasteiger partial charge in [0.1, 0.15) is 11.2 Å². The van der Waals surface area contributed by atoms with Gasteiger partial charge in [-0.15, -0.1) is 0 Å². The lowest BCUT2D eigenvalue weighted by Crippen LogP contribution is -2.02. The molecule has 4 heterocycles. The van der Waals surface area contributed by atoms with Crippen molar-refractivity contribution in [1.29, 1.82) is 0 Å². The van der Waals surface area contributed by atoms with E-state index in [4.69, 9.17) is 24.4 Å². The minimum atomic E-state index is 0.517. The second-order valence-corrected chi connectivity index (χ2v) is 15.4. The van der Waals surface area contributed by atoms with E-state index >= 15 is 0 Å². The highest BCUT2D eigenvalue weighted by Crippen LogP contribution is 2.43. The topological polar surface area (TPSA) is 69.6 Å². The third-order valence-corrected chi connectivity index (χ3v) is 11.7. The van der Waals surface area contributed by atoms with Crippen LogP contribution in [-0.4, -0.2) is 24.5 Å². The fourth-order valence-corrected chi connectivity index (χ4v) is 8.75. The minimum absolute atomic E-state index is 0.517. The summed E-state index contributed by atoms with van der Waals surface area (Å²) < 4.78 is 9.30. The largest absolute Gasteiger partial charge is 0.455 e. The Labute approximate surface area is 357 Å². The lowest BCUT2D eigenvalue weighted by Gasteiger charge is -2.14. The lowest BCUT2D eigenvalue weighted by molar-refractivity contribution is 0.670. The Hall–Kier alpha value is -8.48. The quantitative estimate of drug-likeness (QED) is 0.161. The molecule has 62 heavy (non-hydrogen) atoms. The molecule has 0 spiro atoms. The van der Waals surface area contributed by atoms with Crippen molar-refractivity contribution in [1.82, 2.24) is 24.5 Å². The van der Waals surface area contributed by atoms with Crippen molar-refractivity contribution in [2.45, 2.75) is 0 Å². The number of aromatic nitrogens is 5. The molecule has 4 aromatic heterocycles. The van der Waals surface area contributed by atoms with Gasteiger partial charge >= 0.3 is 0 Å². The van der Waals surface area contributed by atoms with Crippen LogP contribution in [0, 0.1) is 0 Å². The lowest BCUT2D eigenvalue weighted by atomic mass is 9.96. The zero-order chi connectivity index (χ0) is 41.0. The molecule has 0 fully saturated rings. The molecule has 12 rings (SSSR count). The van der Waals surface area contributed by atoms with Gasteiger partial charge in [-0.3, -0.25) is 4.98 Å². The van der Waals surface area contributed by atoms with E-state index in [-0.39, 0.29) is 0 Å². The van der Waals surface area contributed by atoms with Gasteiger partial charge in [0, 0.05) is 67.3 Å². The maximum Gasteiger partial charge on any atom is 0.166 e. The molecule has 0 N–H and O–H groups in total. The fraction of sp³-hybridized carbons (Fsp3) is 0. The van der Waals surface area contributed by atoms with Crippen molar-refractivity contribution < 1.29 is 4.42 Å². The van der Waals surface area contributed by atoms with Crippen LogP contribution in [0.15, 0.2) is 217 Å². The summed E-state index contributed by atoms with van der Waals surface area (Å²) in [5, 5.41) is 4.40. The highest BCUT2D eigenvalue weighted by atomic mass is 16.3. The van der Waals surface area contributed by atoms with E-state index in [1.165, 1.54) is 5.39 Å². The summed E-state index contributed by atoms with van der Waals surface area (Å²) in [7, 11) is 0. The highest BCUT2D eigenvalue weighted by Gasteiger charge is 2.23. The molecule has 8 aromatic carbocycles. The Morgan fingerprint density at radius 2 is 0.919 bits per heavy atom. The number of hydrogen-bond donors (Lipinski definition) is 0. The van der Waals surface area contributed by atoms with E-state index in [2.05, 4.69) is 144 Å². The van der Waals surface area contributed by atoms with Crippen molar-refractivity contribution in [3.8, 4) is 73.4 Å². The minimum Gasteiger partial charge on any atom is -0.455 e. The van der Waals surface area contributed by atoms with Gasteiger partial charge in [-0.05, 0) is 59.2 Å². The van der Waals surface area contributed by atoms with Gasteiger partial charge in [-0.1, -0.05) is 158 Å². The molecule has 0 aliphatic carbocycles. The van der Waals surface area contributed by atoms with Crippen molar-refractivity contribution in [3.05, 3.63) is 212 Å². The van der Waals surface area contributed by atoms with Gasteiger partial charge in [0.25, 0.3) is 0 Å². The first-order valence-corrected chi connectivity index (χ1v) is 20.7. The molecule has 0 saturated carbocycles. The Balaban J connectivity index is 1.10. The highest BCUT2D eigenvalue weighted by molar-refractivity contribution is 6.18. The summed E-state index contributed by atoms with van der Waals surface area (Å²) in [4.78, 5) is 20.7. The maximum absolute atomic E-state index is 6.98. The van der Waals surface area contributed by atoms with Crippen molar-refractivity contribution >= 4 is 43.7 Å². The summed E-state index contributed by atoms with van der Waals surface area (Å²) in [6, 6.07) is 71.2. The Bertz CT molecular complexity index is 3560. The molecule has 0 atom stereocenters. The smallest absolute Gasteiger partial charge is 0.166 e. The van der Waals surface area contributed by atoms with E-state index < -0.39 is 0 Å².